The molecule has 5 heteroatoms. The summed E-state index contributed by atoms with van der Waals surface area (Å²) in [6.45, 7) is 2.85. The van der Waals surface area contributed by atoms with Gasteiger partial charge in [-0.15, -0.1) is 0 Å². The third-order valence-electron chi connectivity index (χ3n) is 1.82. The topological polar surface area (TPSA) is 70.1 Å². The van der Waals surface area contributed by atoms with Gasteiger partial charge < -0.3 is 15.7 Å². The molecule has 3 N–H and O–H groups in total. The Morgan fingerprint density at radius 2 is 2.36 bits per heavy atom. The Labute approximate surface area is 83.6 Å². The molecule has 0 saturated heterocycles. The molecule has 0 aliphatic heterocycles. The molecule has 1 unspecified atom stereocenters. The van der Waals surface area contributed by atoms with E-state index in [1.54, 1.807) is 19.3 Å². The molecular weight excluding hydrogens is 180 g/mol. The summed E-state index contributed by atoms with van der Waals surface area (Å²) in [6, 6.07) is 1.80. The second-order valence-corrected chi connectivity index (χ2v) is 3.18. The number of nitrogens with one attached hydrogen (secondary N) is 2. The van der Waals surface area contributed by atoms with Gasteiger partial charge in [0.2, 0.25) is 5.95 Å². The smallest absolute Gasteiger partial charge is 0.224 e. The van der Waals surface area contributed by atoms with Crippen molar-refractivity contribution in [2.24, 2.45) is 5.92 Å². The number of aromatic nitrogens is 2. The van der Waals surface area contributed by atoms with Gasteiger partial charge in [-0.05, 0) is 12.0 Å². The van der Waals surface area contributed by atoms with E-state index in [-0.39, 0.29) is 12.5 Å². The van der Waals surface area contributed by atoms with Gasteiger partial charge in [0.25, 0.3) is 0 Å². The van der Waals surface area contributed by atoms with Gasteiger partial charge in [0.05, 0.1) is 0 Å². The minimum atomic E-state index is 0.178. The van der Waals surface area contributed by atoms with E-state index >= 15 is 0 Å². The highest BCUT2D eigenvalue weighted by Gasteiger charge is 2.00. The predicted molar refractivity (Wildman–Crippen MR) is 56.3 cm³/mol. The van der Waals surface area contributed by atoms with Crippen molar-refractivity contribution in [3.63, 3.8) is 0 Å². The molecule has 1 heterocycles. The standard InChI is InChI=1S/C9H16N4O/c1-7(6-14)5-12-8-3-4-11-9(10-2)13-8/h3-4,7,14H,5-6H2,1-2H3,(H2,10,11,12,13). The third kappa shape index (κ3) is 3.18. The minimum Gasteiger partial charge on any atom is -0.396 e. The van der Waals surface area contributed by atoms with E-state index in [2.05, 4.69) is 20.6 Å². The van der Waals surface area contributed by atoms with E-state index < -0.39 is 0 Å². The molecule has 0 spiro atoms. The van der Waals surface area contributed by atoms with Crippen molar-refractivity contribution in [2.75, 3.05) is 30.8 Å². The lowest BCUT2D eigenvalue weighted by Crippen LogP contribution is -2.15. The van der Waals surface area contributed by atoms with Crippen molar-refractivity contribution in [1.29, 1.82) is 0 Å². The first-order chi connectivity index (χ1) is 6.76. The summed E-state index contributed by atoms with van der Waals surface area (Å²) >= 11 is 0. The van der Waals surface area contributed by atoms with Crippen molar-refractivity contribution in [1.82, 2.24) is 9.97 Å². The average molecular weight is 196 g/mol. The van der Waals surface area contributed by atoms with Gasteiger partial charge >= 0.3 is 0 Å². The molecular formula is C9H16N4O. The number of hydrogen-bond donors (Lipinski definition) is 3. The molecule has 1 aromatic rings. The number of hydrogen-bond acceptors (Lipinski definition) is 5. The fourth-order valence-electron chi connectivity index (χ4n) is 0.921. The van der Waals surface area contributed by atoms with Gasteiger partial charge in [-0.3, -0.25) is 0 Å². The first-order valence-electron chi connectivity index (χ1n) is 4.61. The van der Waals surface area contributed by atoms with Crippen LogP contribution in [0.15, 0.2) is 12.3 Å². The normalized spacial score (nSPS) is 12.2. The first kappa shape index (κ1) is 10.7. The van der Waals surface area contributed by atoms with E-state index in [9.17, 15) is 0 Å². The van der Waals surface area contributed by atoms with Crippen LogP contribution in [0.4, 0.5) is 11.8 Å². The molecule has 78 valence electrons. The zero-order chi connectivity index (χ0) is 10.4. The SMILES string of the molecule is CNc1nccc(NCC(C)CO)n1. The summed E-state index contributed by atoms with van der Waals surface area (Å²) in [5.41, 5.74) is 0. The monoisotopic (exact) mass is 196 g/mol. The second kappa shape index (κ2) is 5.39. The molecule has 1 rings (SSSR count). The van der Waals surface area contributed by atoms with Crippen LogP contribution in [-0.2, 0) is 0 Å². The van der Waals surface area contributed by atoms with E-state index in [1.807, 2.05) is 6.92 Å². The van der Waals surface area contributed by atoms with Crippen LogP contribution in [-0.4, -0.2) is 35.3 Å². The van der Waals surface area contributed by atoms with Crippen LogP contribution in [0.5, 0.6) is 0 Å². The summed E-state index contributed by atoms with van der Waals surface area (Å²) in [7, 11) is 1.77. The molecule has 5 nitrogen and oxygen atoms in total. The number of rotatable bonds is 5. The molecule has 0 aliphatic carbocycles. The van der Waals surface area contributed by atoms with Gasteiger partial charge in [-0.1, -0.05) is 6.92 Å². The summed E-state index contributed by atoms with van der Waals surface area (Å²) in [4.78, 5) is 8.18. The molecule has 1 aromatic heterocycles. The zero-order valence-electron chi connectivity index (χ0n) is 8.49. The lowest BCUT2D eigenvalue weighted by Gasteiger charge is -2.10. The Morgan fingerprint density at radius 1 is 1.57 bits per heavy atom. The Morgan fingerprint density at radius 3 is 3.00 bits per heavy atom. The summed E-state index contributed by atoms with van der Waals surface area (Å²) in [5.74, 6) is 1.58. The first-order valence-corrected chi connectivity index (χ1v) is 4.61. The number of nitrogens with zero attached hydrogens (tertiary/aromatic N) is 2. The lowest BCUT2D eigenvalue weighted by atomic mass is 10.2. The van der Waals surface area contributed by atoms with E-state index in [4.69, 9.17) is 5.11 Å². The van der Waals surface area contributed by atoms with Gasteiger partial charge in [-0.25, -0.2) is 4.98 Å². The van der Waals surface area contributed by atoms with Crippen molar-refractivity contribution >= 4 is 11.8 Å². The van der Waals surface area contributed by atoms with Crippen LogP contribution in [0, 0.1) is 5.92 Å². The number of aliphatic hydroxyl groups is 1. The lowest BCUT2D eigenvalue weighted by molar-refractivity contribution is 0.244. The maximum absolute atomic E-state index is 8.83. The third-order valence-corrected chi connectivity index (χ3v) is 1.82. The van der Waals surface area contributed by atoms with E-state index in [0.717, 1.165) is 5.82 Å². The molecule has 0 amide bonds. The second-order valence-electron chi connectivity index (χ2n) is 3.18. The van der Waals surface area contributed by atoms with Crippen LogP contribution in [0.3, 0.4) is 0 Å². The number of aliphatic hydroxyl groups excluding tert-OH is 1. The van der Waals surface area contributed by atoms with Gasteiger partial charge in [-0.2, -0.15) is 4.98 Å². The summed E-state index contributed by atoms with van der Waals surface area (Å²) < 4.78 is 0. The molecule has 0 saturated carbocycles. The van der Waals surface area contributed by atoms with Crippen molar-refractivity contribution in [3.05, 3.63) is 12.3 Å². The predicted octanol–water partition coefficient (Wildman–Crippen LogP) is 0.559. The van der Waals surface area contributed by atoms with Gasteiger partial charge in [0, 0.05) is 26.4 Å². The average Bonchev–Trinajstić information content (AvgIpc) is 2.26. The highest BCUT2D eigenvalue weighted by molar-refractivity contribution is 5.38. The quantitative estimate of drug-likeness (QED) is 0.642. The minimum absolute atomic E-state index is 0.178. The molecule has 0 aromatic carbocycles. The van der Waals surface area contributed by atoms with Crippen molar-refractivity contribution < 1.29 is 5.11 Å². The largest absolute Gasteiger partial charge is 0.396 e. The molecule has 0 radical (unpaired) electrons. The fourth-order valence-corrected chi connectivity index (χ4v) is 0.921. The molecule has 0 fully saturated rings. The molecule has 0 bridgehead atoms. The van der Waals surface area contributed by atoms with E-state index in [0.29, 0.717) is 12.5 Å². The Hall–Kier alpha value is -1.36. The van der Waals surface area contributed by atoms with Crippen molar-refractivity contribution in [3.8, 4) is 0 Å². The van der Waals surface area contributed by atoms with Gasteiger partial charge in [0.15, 0.2) is 0 Å². The Balaban J connectivity index is 2.50. The van der Waals surface area contributed by atoms with Crippen LogP contribution in [0.25, 0.3) is 0 Å². The highest BCUT2D eigenvalue weighted by Crippen LogP contribution is 2.05. The Bertz CT molecular complexity index is 279. The van der Waals surface area contributed by atoms with Crippen LogP contribution >= 0.6 is 0 Å². The fraction of sp³-hybridized carbons (Fsp3) is 0.556. The highest BCUT2D eigenvalue weighted by atomic mass is 16.3. The van der Waals surface area contributed by atoms with Crippen LogP contribution in [0.1, 0.15) is 6.92 Å². The maximum atomic E-state index is 8.83. The summed E-state index contributed by atoms with van der Waals surface area (Å²) in [6.07, 6.45) is 1.69. The zero-order valence-corrected chi connectivity index (χ0v) is 8.49. The van der Waals surface area contributed by atoms with Crippen LogP contribution in [0.2, 0.25) is 0 Å². The van der Waals surface area contributed by atoms with Crippen molar-refractivity contribution in [2.45, 2.75) is 6.92 Å². The molecule has 0 aliphatic rings. The molecule has 14 heavy (non-hydrogen) atoms. The number of anilines is 2. The maximum Gasteiger partial charge on any atom is 0.224 e. The van der Waals surface area contributed by atoms with E-state index in [1.165, 1.54) is 0 Å². The van der Waals surface area contributed by atoms with Crippen LogP contribution < -0.4 is 10.6 Å². The Kier molecular flexibility index (Phi) is 4.12. The summed E-state index contributed by atoms with van der Waals surface area (Å²) in [5, 5.41) is 14.8. The molecule has 1 atom stereocenters. The van der Waals surface area contributed by atoms with Gasteiger partial charge in [0.1, 0.15) is 5.82 Å².